The fourth-order valence-electron chi connectivity index (χ4n) is 1.81. The van der Waals surface area contributed by atoms with Crippen molar-refractivity contribution in [2.24, 2.45) is 11.8 Å². The van der Waals surface area contributed by atoms with Gasteiger partial charge in [0, 0.05) is 13.1 Å². The first-order valence-corrected chi connectivity index (χ1v) is 5.28. The molecule has 80 valence electrons. The van der Waals surface area contributed by atoms with E-state index < -0.39 is 0 Å². The summed E-state index contributed by atoms with van der Waals surface area (Å²) in [4.78, 5) is 24.2. The lowest BCUT2D eigenvalue weighted by Crippen LogP contribution is -2.42. The molecule has 0 aromatic rings. The quantitative estimate of drug-likeness (QED) is 0.629. The van der Waals surface area contributed by atoms with Gasteiger partial charge < -0.3 is 4.90 Å². The van der Waals surface area contributed by atoms with E-state index in [1.165, 1.54) is 6.92 Å². The minimum atomic E-state index is -0.0405. The third-order valence-electron chi connectivity index (χ3n) is 3.09. The molecule has 1 saturated heterocycles. The molecule has 2 unspecified atom stereocenters. The standard InChI is InChI=1S/C11H19NO2/c1-8-4-5-12(7-9(8)2)11(14)6-10(3)13/h8-9H,4-7H2,1-3H3. The second kappa shape index (κ2) is 4.58. The second-order valence-electron chi connectivity index (χ2n) is 4.46. The van der Waals surface area contributed by atoms with Crippen molar-refractivity contribution in [2.45, 2.75) is 33.6 Å². The molecular weight excluding hydrogens is 178 g/mol. The zero-order valence-electron chi connectivity index (χ0n) is 9.25. The SMILES string of the molecule is CC(=O)CC(=O)N1CCC(C)C(C)C1. The molecule has 1 aliphatic heterocycles. The summed E-state index contributed by atoms with van der Waals surface area (Å²) >= 11 is 0. The average Bonchev–Trinajstić information content (AvgIpc) is 2.08. The van der Waals surface area contributed by atoms with Crippen LogP contribution in [-0.4, -0.2) is 29.7 Å². The van der Waals surface area contributed by atoms with Gasteiger partial charge in [0.15, 0.2) is 0 Å². The van der Waals surface area contributed by atoms with Crippen LogP contribution in [0.1, 0.15) is 33.6 Å². The highest BCUT2D eigenvalue weighted by Crippen LogP contribution is 2.22. The Morgan fingerprint density at radius 1 is 1.29 bits per heavy atom. The topological polar surface area (TPSA) is 37.4 Å². The Hall–Kier alpha value is -0.860. The van der Waals surface area contributed by atoms with Crippen LogP contribution >= 0.6 is 0 Å². The van der Waals surface area contributed by atoms with Gasteiger partial charge in [-0.25, -0.2) is 0 Å². The molecule has 3 nitrogen and oxygen atoms in total. The van der Waals surface area contributed by atoms with E-state index >= 15 is 0 Å². The Bertz CT molecular complexity index is 237. The maximum atomic E-state index is 11.6. The van der Waals surface area contributed by atoms with Crippen LogP contribution in [0.2, 0.25) is 0 Å². The van der Waals surface area contributed by atoms with E-state index in [1.807, 2.05) is 4.90 Å². The summed E-state index contributed by atoms with van der Waals surface area (Å²) in [6, 6.07) is 0. The van der Waals surface area contributed by atoms with Crippen molar-refractivity contribution in [2.75, 3.05) is 13.1 Å². The van der Waals surface area contributed by atoms with E-state index in [9.17, 15) is 9.59 Å². The number of ketones is 1. The summed E-state index contributed by atoms with van der Waals surface area (Å²) in [5, 5.41) is 0. The molecule has 0 saturated carbocycles. The van der Waals surface area contributed by atoms with Crippen LogP contribution in [0.3, 0.4) is 0 Å². The molecule has 0 radical (unpaired) electrons. The van der Waals surface area contributed by atoms with E-state index in [0.717, 1.165) is 19.5 Å². The van der Waals surface area contributed by atoms with Gasteiger partial charge in [0.05, 0.1) is 6.42 Å². The Kier molecular flexibility index (Phi) is 3.67. The molecule has 0 aromatic heterocycles. The fraction of sp³-hybridized carbons (Fsp3) is 0.818. The van der Waals surface area contributed by atoms with Crippen LogP contribution in [0, 0.1) is 11.8 Å². The second-order valence-corrected chi connectivity index (χ2v) is 4.46. The summed E-state index contributed by atoms with van der Waals surface area (Å²) in [5.74, 6) is 1.20. The van der Waals surface area contributed by atoms with Crippen molar-refractivity contribution in [3.63, 3.8) is 0 Å². The molecular formula is C11H19NO2. The number of nitrogens with zero attached hydrogens (tertiary/aromatic N) is 1. The molecule has 2 atom stereocenters. The molecule has 0 N–H and O–H groups in total. The van der Waals surface area contributed by atoms with Crippen LogP contribution in [-0.2, 0) is 9.59 Å². The average molecular weight is 197 g/mol. The molecule has 1 fully saturated rings. The highest BCUT2D eigenvalue weighted by molar-refractivity contribution is 5.96. The molecule has 1 aliphatic rings. The van der Waals surface area contributed by atoms with Crippen LogP contribution in [0.15, 0.2) is 0 Å². The van der Waals surface area contributed by atoms with Crippen molar-refractivity contribution in [1.82, 2.24) is 4.90 Å². The molecule has 0 aromatic carbocycles. The van der Waals surface area contributed by atoms with Gasteiger partial charge >= 0.3 is 0 Å². The van der Waals surface area contributed by atoms with Crippen molar-refractivity contribution in [3.8, 4) is 0 Å². The van der Waals surface area contributed by atoms with E-state index in [4.69, 9.17) is 0 Å². The highest BCUT2D eigenvalue weighted by Gasteiger charge is 2.25. The summed E-state index contributed by atoms with van der Waals surface area (Å²) in [6.45, 7) is 7.48. The van der Waals surface area contributed by atoms with Crippen molar-refractivity contribution in [3.05, 3.63) is 0 Å². The maximum absolute atomic E-state index is 11.6. The summed E-state index contributed by atoms with van der Waals surface area (Å²) in [6.07, 6.45) is 1.13. The lowest BCUT2D eigenvalue weighted by molar-refractivity contribution is -0.136. The molecule has 0 spiro atoms. The van der Waals surface area contributed by atoms with Gasteiger partial charge in [0.1, 0.15) is 5.78 Å². The molecule has 0 bridgehead atoms. The largest absolute Gasteiger partial charge is 0.342 e. The minimum absolute atomic E-state index is 0.00347. The lowest BCUT2D eigenvalue weighted by atomic mass is 9.88. The number of hydrogen-bond acceptors (Lipinski definition) is 2. The minimum Gasteiger partial charge on any atom is -0.342 e. The fourth-order valence-corrected chi connectivity index (χ4v) is 1.81. The molecule has 14 heavy (non-hydrogen) atoms. The van der Waals surface area contributed by atoms with Gasteiger partial charge in [-0.2, -0.15) is 0 Å². The first kappa shape index (κ1) is 11.2. The third kappa shape index (κ3) is 2.82. The first-order chi connectivity index (χ1) is 6.50. The van der Waals surface area contributed by atoms with E-state index in [2.05, 4.69) is 13.8 Å². The summed E-state index contributed by atoms with van der Waals surface area (Å²) in [7, 11) is 0. The number of likely N-dealkylation sites (tertiary alicyclic amines) is 1. The highest BCUT2D eigenvalue weighted by atomic mass is 16.2. The van der Waals surface area contributed by atoms with Crippen LogP contribution in [0.25, 0.3) is 0 Å². The van der Waals surface area contributed by atoms with Crippen LogP contribution < -0.4 is 0 Å². The predicted molar refractivity (Wildman–Crippen MR) is 54.8 cm³/mol. The van der Waals surface area contributed by atoms with Gasteiger partial charge in [0.25, 0.3) is 0 Å². The molecule has 1 heterocycles. The number of hydrogen-bond donors (Lipinski definition) is 0. The number of amides is 1. The molecule has 0 aliphatic carbocycles. The number of carbonyl (C=O) groups excluding carboxylic acids is 2. The molecule has 1 rings (SSSR count). The van der Waals surface area contributed by atoms with E-state index in [0.29, 0.717) is 11.8 Å². The van der Waals surface area contributed by atoms with Gasteiger partial charge in [-0.1, -0.05) is 13.8 Å². The van der Waals surface area contributed by atoms with E-state index in [1.54, 1.807) is 0 Å². The normalized spacial score (nSPS) is 27.5. The smallest absolute Gasteiger partial charge is 0.230 e. The lowest BCUT2D eigenvalue weighted by Gasteiger charge is -2.35. The summed E-state index contributed by atoms with van der Waals surface area (Å²) in [5.41, 5.74) is 0. The first-order valence-electron chi connectivity index (χ1n) is 5.28. The zero-order chi connectivity index (χ0) is 10.7. The van der Waals surface area contributed by atoms with Gasteiger partial charge in [-0.3, -0.25) is 9.59 Å². The van der Waals surface area contributed by atoms with Crippen LogP contribution in [0.5, 0.6) is 0 Å². The monoisotopic (exact) mass is 197 g/mol. The predicted octanol–water partition coefficient (Wildman–Crippen LogP) is 1.47. The number of Topliss-reactive ketones (excluding diaryl/α,β-unsaturated/α-hetero) is 1. The van der Waals surface area contributed by atoms with E-state index in [-0.39, 0.29) is 18.1 Å². The van der Waals surface area contributed by atoms with Gasteiger partial charge in [0.2, 0.25) is 5.91 Å². The molecule has 1 amide bonds. The number of carbonyl (C=O) groups is 2. The zero-order valence-corrected chi connectivity index (χ0v) is 9.25. The van der Waals surface area contributed by atoms with Crippen molar-refractivity contribution >= 4 is 11.7 Å². The maximum Gasteiger partial charge on any atom is 0.230 e. The third-order valence-corrected chi connectivity index (χ3v) is 3.09. The van der Waals surface area contributed by atoms with Crippen molar-refractivity contribution in [1.29, 1.82) is 0 Å². The number of rotatable bonds is 2. The number of piperidine rings is 1. The summed E-state index contributed by atoms with van der Waals surface area (Å²) < 4.78 is 0. The van der Waals surface area contributed by atoms with Crippen LogP contribution in [0.4, 0.5) is 0 Å². The Balaban J connectivity index is 2.46. The Morgan fingerprint density at radius 2 is 1.93 bits per heavy atom. The molecule has 3 heteroatoms. The van der Waals surface area contributed by atoms with Gasteiger partial charge in [-0.05, 0) is 25.2 Å². The van der Waals surface area contributed by atoms with Crippen molar-refractivity contribution < 1.29 is 9.59 Å². The van der Waals surface area contributed by atoms with Gasteiger partial charge in [-0.15, -0.1) is 0 Å². The Labute approximate surface area is 85.5 Å². The Morgan fingerprint density at radius 3 is 2.43 bits per heavy atom.